The SMILES string of the molecule is C1CNCCN1.NC(=O)NN1CCNCC1.NC(N)=O. The second kappa shape index (κ2) is 12.4. The second-order valence-electron chi connectivity index (χ2n) is 4.12. The topological polar surface area (TPSA) is 164 Å². The van der Waals surface area contributed by atoms with E-state index in [-0.39, 0.29) is 0 Å². The van der Waals surface area contributed by atoms with Gasteiger partial charge in [-0.1, -0.05) is 0 Å². The molecule has 2 fully saturated rings. The Balaban J connectivity index is 0.000000307. The molecule has 20 heavy (non-hydrogen) atoms. The zero-order valence-electron chi connectivity index (χ0n) is 11.7. The van der Waals surface area contributed by atoms with Crippen LogP contribution in [0.5, 0.6) is 0 Å². The Hall–Kier alpha value is -1.62. The van der Waals surface area contributed by atoms with E-state index in [1.165, 1.54) is 0 Å². The first kappa shape index (κ1) is 18.4. The van der Waals surface area contributed by atoms with Crippen molar-refractivity contribution in [2.24, 2.45) is 17.2 Å². The first-order valence-corrected chi connectivity index (χ1v) is 6.50. The lowest BCUT2D eigenvalue weighted by Crippen LogP contribution is -2.53. The molecule has 0 bridgehead atoms. The summed E-state index contributed by atoms with van der Waals surface area (Å²) in [4.78, 5) is 19.3. The van der Waals surface area contributed by atoms with E-state index in [1.807, 2.05) is 0 Å². The summed E-state index contributed by atoms with van der Waals surface area (Å²) in [5, 5.41) is 11.4. The fourth-order valence-electron chi connectivity index (χ4n) is 1.54. The van der Waals surface area contributed by atoms with Gasteiger partial charge in [0.2, 0.25) is 0 Å². The number of hydrogen-bond acceptors (Lipinski definition) is 6. The fourth-order valence-corrected chi connectivity index (χ4v) is 1.54. The maximum absolute atomic E-state index is 10.3. The average molecular weight is 290 g/mol. The van der Waals surface area contributed by atoms with E-state index >= 15 is 0 Å². The molecule has 0 aromatic heterocycles. The van der Waals surface area contributed by atoms with E-state index < -0.39 is 12.1 Å². The number of carbonyl (C=O) groups is 2. The van der Waals surface area contributed by atoms with Crippen LogP contribution in [-0.4, -0.2) is 69.4 Å². The Labute approximate surface area is 118 Å². The third-order valence-electron chi connectivity index (χ3n) is 2.34. The molecule has 0 atom stereocenters. The van der Waals surface area contributed by atoms with Crippen LogP contribution in [-0.2, 0) is 0 Å². The number of primary amides is 3. The molecule has 0 aromatic carbocycles. The van der Waals surface area contributed by atoms with Gasteiger partial charge in [0.05, 0.1) is 0 Å². The van der Waals surface area contributed by atoms with E-state index in [2.05, 4.69) is 32.8 Å². The third kappa shape index (κ3) is 14.4. The molecule has 0 radical (unpaired) electrons. The summed E-state index contributed by atoms with van der Waals surface area (Å²) in [6, 6.07) is -1.32. The highest BCUT2D eigenvalue weighted by Crippen LogP contribution is 1.84. The molecule has 10 nitrogen and oxygen atoms in total. The van der Waals surface area contributed by atoms with Crippen LogP contribution in [0.4, 0.5) is 9.59 Å². The molecule has 10 N–H and O–H groups in total. The third-order valence-corrected chi connectivity index (χ3v) is 2.34. The summed E-state index contributed by atoms with van der Waals surface area (Å²) >= 11 is 0. The average Bonchev–Trinajstić information content (AvgIpc) is 2.41. The van der Waals surface area contributed by atoms with Gasteiger partial charge >= 0.3 is 12.1 Å². The van der Waals surface area contributed by atoms with Crippen molar-refractivity contribution in [3.63, 3.8) is 0 Å². The predicted octanol–water partition coefficient (Wildman–Crippen LogP) is -3.32. The second-order valence-corrected chi connectivity index (χ2v) is 4.12. The van der Waals surface area contributed by atoms with Gasteiger partial charge in [-0.15, -0.1) is 0 Å². The molecule has 0 aromatic rings. The molecule has 2 saturated heterocycles. The van der Waals surface area contributed by atoms with Crippen LogP contribution < -0.4 is 38.6 Å². The minimum absolute atomic E-state index is 0.484. The summed E-state index contributed by atoms with van der Waals surface area (Å²) in [5.74, 6) is 0. The van der Waals surface area contributed by atoms with Crippen LogP contribution in [0.15, 0.2) is 0 Å². The van der Waals surface area contributed by atoms with E-state index in [9.17, 15) is 4.79 Å². The van der Waals surface area contributed by atoms with Crippen molar-refractivity contribution in [2.45, 2.75) is 0 Å². The monoisotopic (exact) mass is 290 g/mol. The zero-order valence-corrected chi connectivity index (χ0v) is 11.7. The van der Waals surface area contributed by atoms with Crippen LogP contribution in [0.2, 0.25) is 0 Å². The highest BCUT2D eigenvalue weighted by Gasteiger charge is 2.09. The summed E-state index contributed by atoms with van der Waals surface area (Å²) in [7, 11) is 0. The van der Waals surface area contributed by atoms with Crippen LogP contribution in [0.3, 0.4) is 0 Å². The number of piperazine rings is 2. The number of hydrogen-bond donors (Lipinski definition) is 7. The molecule has 2 heterocycles. The maximum atomic E-state index is 10.3. The summed E-state index contributed by atoms with van der Waals surface area (Å²) < 4.78 is 0. The van der Waals surface area contributed by atoms with Crippen LogP contribution in [0.25, 0.3) is 0 Å². The summed E-state index contributed by atoms with van der Waals surface area (Å²) in [6.07, 6.45) is 0. The quantitative estimate of drug-likeness (QED) is 0.267. The molecular formula is C10H26N8O2. The molecule has 2 aliphatic rings. The van der Waals surface area contributed by atoms with Gasteiger partial charge in [0.15, 0.2) is 0 Å². The van der Waals surface area contributed by atoms with E-state index in [1.54, 1.807) is 5.01 Å². The highest BCUT2D eigenvalue weighted by atomic mass is 16.2. The lowest BCUT2D eigenvalue weighted by atomic mass is 10.4. The molecule has 0 spiro atoms. The van der Waals surface area contributed by atoms with Crippen molar-refractivity contribution in [3.05, 3.63) is 0 Å². The summed E-state index contributed by atoms with van der Waals surface area (Å²) in [6.45, 7) is 8.01. The highest BCUT2D eigenvalue weighted by molar-refractivity contribution is 5.70. The van der Waals surface area contributed by atoms with Gasteiger partial charge < -0.3 is 33.2 Å². The molecule has 0 aliphatic carbocycles. The lowest BCUT2D eigenvalue weighted by molar-refractivity contribution is 0.167. The number of nitrogens with two attached hydrogens (primary N) is 3. The molecular weight excluding hydrogens is 264 g/mol. The Morgan fingerprint density at radius 1 is 0.800 bits per heavy atom. The van der Waals surface area contributed by atoms with Gasteiger partial charge in [-0.2, -0.15) is 0 Å². The number of rotatable bonds is 1. The van der Waals surface area contributed by atoms with Crippen molar-refractivity contribution in [1.29, 1.82) is 0 Å². The molecule has 2 rings (SSSR count). The Morgan fingerprint density at radius 2 is 1.15 bits per heavy atom. The largest absolute Gasteiger partial charge is 0.352 e. The minimum atomic E-state index is -0.833. The number of nitrogens with zero attached hydrogens (tertiary/aromatic N) is 1. The summed E-state index contributed by atoms with van der Waals surface area (Å²) in [5.41, 5.74) is 15.9. The molecule has 4 amide bonds. The van der Waals surface area contributed by atoms with Gasteiger partial charge in [-0.3, -0.25) is 5.43 Å². The Bertz CT molecular complexity index is 250. The number of carbonyl (C=O) groups excluding carboxylic acids is 2. The normalized spacial score (nSPS) is 18.6. The maximum Gasteiger partial charge on any atom is 0.326 e. The van der Waals surface area contributed by atoms with Crippen molar-refractivity contribution >= 4 is 12.1 Å². The van der Waals surface area contributed by atoms with Crippen molar-refractivity contribution in [2.75, 3.05) is 52.4 Å². The van der Waals surface area contributed by atoms with Crippen LogP contribution >= 0.6 is 0 Å². The lowest BCUT2D eigenvalue weighted by Gasteiger charge is -2.26. The Kier molecular flexibility index (Phi) is 11.4. The number of urea groups is 2. The molecule has 2 aliphatic heterocycles. The predicted molar refractivity (Wildman–Crippen MR) is 76.7 cm³/mol. The fraction of sp³-hybridized carbons (Fsp3) is 0.800. The Morgan fingerprint density at radius 3 is 1.45 bits per heavy atom. The van der Waals surface area contributed by atoms with Gasteiger partial charge in [0, 0.05) is 52.4 Å². The van der Waals surface area contributed by atoms with E-state index in [0.29, 0.717) is 0 Å². The van der Waals surface area contributed by atoms with E-state index in [4.69, 9.17) is 10.5 Å². The molecule has 118 valence electrons. The number of hydrazine groups is 1. The van der Waals surface area contributed by atoms with Crippen LogP contribution in [0.1, 0.15) is 0 Å². The molecule has 10 heteroatoms. The number of amides is 4. The molecule has 0 saturated carbocycles. The van der Waals surface area contributed by atoms with E-state index in [0.717, 1.165) is 52.4 Å². The van der Waals surface area contributed by atoms with Crippen molar-refractivity contribution in [3.8, 4) is 0 Å². The van der Waals surface area contributed by atoms with Crippen molar-refractivity contribution < 1.29 is 9.59 Å². The van der Waals surface area contributed by atoms with Gasteiger partial charge in [0.1, 0.15) is 0 Å². The number of nitrogens with one attached hydrogen (secondary N) is 4. The smallest absolute Gasteiger partial charge is 0.326 e. The standard InChI is InChI=1S/C5H12N4O.C4H10N2.CH4N2O/c6-5(10)8-9-3-1-7-2-4-9;1-2-6-4-3-5-1;2-1(3)4/h7H,1-4H2,(H3,6,8,10);5-6H,1-4H2;(H4,2,3,4). The zero-order chi connectivity index (χ0) is 15.2. The van der Waals surface area contributed by atoms with Gasteiger partial charge in [-0.05, 0) is 0 Å². The van der Waals surface area contributed by atoms with Gasteiger partial charge in [-0.25, -0.2) is 14.6 Å². The van der Waals surface area contributed by atoms with Crippen LogP contribution in [0, 0.1) is 0 Å². The van der Waals surface area contributed by atoms with Crippen molar-refractivity contribution in [1.82, 2.24) is 26.4 Å². The molecule has 0 unspecified atom stereocenters. The minimum Gasteiger partial charge on any atom is -0.352 e. The first-order valence-electron chi connectivity index (χ1n) is 6.50. The first-order chi connectivity index (χ1) is 9.52. The van der Waals surface area contributed by atoms with Gasteiger partial charge in [0.25, 0.3) is 0 Å².